The predicted molar refractivity (Wildman–Crippen MR) is 119 cm³/mol. The van der Waals surface area contributed by atoms with Crippen LogP contribution in [0.2, 0.25) is 0 Å². The Balaban J connectivity index is 3.67. The van der Waals surface area contributed by atoms with E-state index in [2.05, 4.69) is 25.1 Å². The topological polar surface area (TPSA) is 42.2 Å². The molecule has 1 aromatic rings. The number of hydrogen-bond donors (Lipinski definition) is 1. The molecule has 0 atom stereocenters. The second-order valence-electron chi connectivity index (χ2n) is 5.92. The second kappa shape index (κ2) is 11.0. The summed E-state index contributed by atoms with van der Waals surface area (Å²) in [5.74, 6) is 0.448. The van der Waals surface area contributed by atoms with Gasteiger partial charge in [0.1, 0.15) is 5.76 Å². The standard InChI is InChI=1S/C23H26ClNO2/c1-7-10-12-18-19(13-14-25-21(11-8-2)17(6)24)23(26)27-22(9-3)20(18)15-16(4)5/h7-13,15,25H,2-3,6,14H2,1,4-5H3/b10-7-,18-12+,19-13+,21-11+. The molecule has 1 N–H and O–H groups in total. The van der Waals surface area contributed by atoms with Gasteiger partial charge in [0, 0.05) is 12.1 Å². The SMILES string of the molecule is C=C/C=C(/NC/C=c1/c(=O)oc(C=C)c(C=C(C)C)/c1=C/C=C\C)C(=C)Cl. The van der Waals surface area contributed by atoms with Gasteiger partial charge in [-0.15, -0.1) is 0 Å². The normalized spacial score (nSPS) is 13.0. The summed E-state index contributed by atoms with van der Waals surface area (Å²) < 4.78 is 5.47. The Kier molecular flexibility index (Phi) is 9.11. The lowest BCUT2D eigenvalue weighted by molar-refractivity contribution is 0.492. The van der Waals surface area contributed by atoms with E-state index in [1.54, 1.807) is 24.3 Å². The molecule has 0 amide bonds. The highest BCUT2D eigenvalue weighted by molar-refractivity contribution is 6.31. The Bertz CT molecular complexity index is 984. The Morgan fingerprint density at radius 2 is 1.96 bits per heavy atom. The zero-order chi connectivity index (χ0) is 20.4. The maximum Gasteiger partial charge on any atom is 0.343 e. The first-order chi connectivity index (χ1) is 12.8. The quantitative estimate of drug-likeness (QED) is 0.682. The van der Waals surface area contributed by atoms with E-state index in [9.17, 15) is 4.79 Å². The van der Waals surface area contributed by atoms with Crippen molar-refractivity contribution in [3.8, 4) is 0 Å². The molecule has 0 saturated heterocycles. The molecule has 1 rings (SSSR count). The van der Waals surface area contributed by atoms with Crippen LogP contribution in [-0.2, 0) is 0 Å². The van der Waals surface area contributed by atoms with Crippen LogP contribution in [-0.4, -0.2) is 6.54 Å². The van der Waals surface area contributed by atoms with Crippen molar-refractivity contribution < 1.29 is 4.42 Å². The van der Waals surface area contributed by atoms with Crippen molar-refractivity contribution >= 4 is 35.9 Å². The minimum absolute atomic E-state index is 0.364. The van der Waals surface area contributed by atoms with E-state index < -0.39 is 5.63 Å². The van der Waals surface area contributed by atoms with Gasteiger partial charge in [-0.25, -0.2) is 4.79 Å². The van der Waals surface area contributed by atoms with Crippen LogP contribution in [0.25, 0.3) is 24.3 Å². The van der Waals surface area contributed by atoms with Gasteiger partial charge in [-0.1, -0.05) is 73.4 Å². The van der Waals surface area contributed by atoms with Crippen LogP contribution in [0.4, 0.5) is 0 Å². The Morgan fingerprint density at radius 3 is 2.48 bits per heavy atom. The predicted octanol–water partition coefficient (Wildman–Crippen LogP) is 4.26. The molecule has 0 aliphatic rings. The van der Waals surface area contributed by atoms with E-state index in [0.29, 0.717) is 28.3 Å². The average molecular weight is 384 g/mol. The van der Waals surface area contributed by atoms with Gasteiger partial charge in [0.25, 0.3) is 0 Å². The lowest BCUT2D eigenvalue weighted by Crippen LogP contribution is -2.41. The summed E-state index contributed by atoms with van der Waals surface area (Å²) in [6.45, 7) is 17.4. The lowest BCUT2D eigenvalue weighted by atomic mass is 10.1. The number of rotatable bonds is 8. The zero-order valence-corrected chi connectivity index (χ0v) is 16.9. The third kappa shape index (κ3) is 6.46. The molecule has 1 heterocycles. The first-order valence-corrected chi connectivity index (χ1v) is 8.92. The summed E-state index contributed by atoms with van der Waals surface area (Å²) in [6, 6.07) is 0. The van der Waals surface area contributed by atoms with Crippen LogP contribution >= 0.6 is 11.6 Å². The first-order valence-electron chi connectivity index (χ1n) is 8.54. The van der Waals surface area contributed by atoms with E-state index in [1.807, 2.05) is 45.1 Å². The molecular formula is C23H26ClNO2. The molecular weight excluding hydrogens is 358 g/mol. The van der Waals surface area contributed by atoms with Crippen LogP contribution in [0.3, 0.4) is 0 Å². The minimum Gasteiger partial charge on any atom is -0.422 e. The summed E-state index contributed by atoms with van der Waals surface area (Å²) in [6.07, 6.45) is 14.3. The molecule has 0 fully saturated rings. The summed E-state index contributed by atoms with van der Waals surface area (Å²) >= 11 is 5.96. The highest BCUT2D eigenvalue weighted by Gasteiger charge is 2.07. The molecule has 4 heteroatoms. The molecule has 0 saturated carbocycles. The van der Waals surface area contributed by atoms with Crippen molar-refractivity contribution in [1.29, 1.82) is 0 Å². The Labute approximate surface area is 165 Å². The fourth-order valence-electron chi connectivity index (χ4n) is 2.38. The molecule has 0 spiro atoms. The molecule has 0 aromatic carbocycles. The molecule has 142 valence electrons. The smallest absolute Gasteiger partial charge is 0.343 e. The monoisotopic (exact) mass is 383 g/mol. The van der Waals surface area contributed by atoms with Crippen molar-refractivity contribution in [2.75, 3.05) is 6.54 Å². The number of allylic oxidation sites excluding steroid dienone is 6. The number of hydrogen-bond acceptors (Lipinski definition) is 3. The molecule has 0 aliphatic heterocycles. The third-order valence-electron chi connectivity index (χ3n) is 3.52. The zero-order valence-electron chi connectivity index (χ0n) is 16.1. The average Bonchev–Trinajstić information content (AvgIpc) is 2.61. The van der Waals surface area contributed by atoms with E-state index in [-0.39, 0.29) is 0 Å². The van der Waals surface area contributed by atoms with Crippen LogP contribution in [0.5, 0.6) is 0 Å². The molecule has 0 radical (unpaired) electrons. The molecule has 0 aliphatic carbocycles. The van der Waals surface area contributed by atoms with E-state index >= 15 is 0 Å². The van der Waals surface area contributed by atoms with Gasteiger partial charge in [0.05, 0.1) is 15.9 Å². The van der Waals surface area contributed by atoms with Crippen LogP contribution < -0.4 is 21.4 Å². The molecule has 3 nitrogen and oxygen atoms in total. The first kappa shape index (κ1) is 22.3. The van der Waals surface area contributed by atoms with Gasteiger partial charge in [0.15, 0.2) is 0 Å². The van der Waals surface area contributed by atoms with E-state index in [4.69, 9.17) is 16.0 Å². The van der Waals surface area contributed by atoms with Crippen LogP contribution in [0.15, 0.2) is 69.6 Å². The summed E-state index contributed by atoms with van der Waals surface area (Å²) in [4.78, 5) is 12.5. The van der Waals surface area contributed by atoms with Crippen LogP contribution in [0, 0.1) is 0 Å². The highest BCUT2D eigenvalue weighted by atomic mass is 35.5. The number of halogens is 1. The van der Waals surface area contributed by atoms with Crippen molar-refractivity contribution in [3.63, 3.8) is 0 Å². The van der Waals surface area contributed by atoms with Gasteiger partial charge in [-0.2, -0.15) is 0 Å². The molecule has 0 unspecified atom stereocenters. The van der Waals surface area contributed by atoms with Gasteiger partial charge in [-0.3, -0.25) is 0 Å². The largest absolute Gasteiger partial charge is 0.422 e. The fourth-order valence-corrected chi connectivity index (χ4v) is 2.51. The van der Waals surface area contributed by atoms with Gasteiger partial charge in [-0.05, 0) is 38.1 Å². The van der Waals surface area contributed by atoms with Crippen molar-refractivity contribution in [2.45, 2.75) is 20.8 Å². The van der Waals surface area contributed by atoms with Crippen molar-refractivity contribution in [2.24, 2.45) is 0 Å². The van der Waals surface area contributed by atoms with Gasteiger partial charge in [0.2, 0.25) is 0 Å². The Hall–Kier alpha value is -2.78. The second-order valence-corrected chi connectivity index (χ2v) is 6.38. The van der Waals surface area contributed by atoms with E-state index in [0.717, 1.165) is 16.4 Å². The summed E-state index contributed by atoms with van der Waals surface area (Å²) in [7, 11) is 0. The number of nitrogens with one attached hydrogen (secondary N) is 1. The van der Waals surface area contributed by atoms with Gasteiger partial charge < -0.3 is 9.73 Å². The maximum absolute atomic E-state index is 12.5. The summed E-state index contributed by atoms with van der Waals surface area (Å²) in [5, 5.41) is 4.74. The highest BCUT2D eigenvalue weighted by Crippen LogP contribution is 2.09. The minimum atomic E-state index is -0.424. The third-order valence-corrected chi connectivity index (χ3v) is 3.72. The lowest BCUT2D eigenvalue weighted by Gasteiger charge is -2.07. The van der Waals surface area contributed by atoms with Crippen LogP contribution in [0.1, 0.15) is 32.1 Å². The summed E-state index contributed by atoms with van der Waals surface area (Å²) in [5.41, 5.74) is 2.11. The molecule has 27 heavy (non-hydrogen) atoms. The Morgan fingerprint density at radius 1 is 1.26 bits per heavy atom. The fraction of sp³-hybridized carbons (Fsp3) is 0.174. The van der Waals surface area contributed by atoms with Gasteiger partial charge >= 0.3 is 5.63 Å². The van der Waals surface area contributed by atoms with E-state index in [1.165, 1.54) is 0 Å². The van der Waals surface area contributed by atoms with Crippen molar-refractivity contribution in [3.05, 3.63) is 92.5 Å². The maximum atomic E-state index is 12.5. The molecule has 0 bridgehead atoms. The van der Waals surface area contributed by atoms with Crippen molar-refractivity contribution in [1.82, 2.24) is 5.32 Å². The molecule has 1 aromatic heterocycles.